The Morgan fingerprint density at radius 3 is 2.52 bits per heavy atom. The fourth-order valence-corrected chi connectivity index (χ4v) is 3.20. The maximum Gasteiger partial charge on any atom is 0.417 e. The van der Waals surface area contributed by atoms with Crippen LogP contribution in [0.2, 0.25) is 0 Å². The van der Waals surface area contributed by atoms with Gasteiger partial charge in [0.15, 0.2) is 0 Å². The summed E-state index contributed by atoms with van der Waals surface area (Å²) in [6.07, 6.45) is -1.59. The van der Waals surface area contributed by atoms with Crippen LogP contribution in [-0.2, 0) is 12.7 Å². The van der Waals surface area contributed by atoms with E-state index in [1.54, 1.807) is 0 Å². The van der Waals surface area contributed by atoms with E-state index in [2.05, 4.69) is 15.4 Å². The number of anilines is 1. The minimum atomic E-state index is -4.41. The molecule has 7 nitrogen and oxygen atoms in total. The number of amides is 1. The first-order chi connectivity index (χ1) is 13.8. The van der Waals surface area contributed by atoms with Gasteiger partial charge in [-0.25, -0.2) is 9.67 Å². The Morgan fingerprint density at radius 1 is 1.21 bits per heavy atom. The highest BCUT2D eigenvalue weighted by atomic mass is 19.4. The van der Waals surface area contributed by atoms with Crippen molar-refractivity contribution < 1.29 is 18.0 Å². The molecule has 0 atom stereocenters. The molecular weight excluding hydrogens is 387 g/mol. The van der Waals surface area contributed by atoms with Gasteiger partial charge in [0.25, 0.3) is 11.5 Å². The third-order valence-corrected chi connectivity index (χ3v) is 4.76. The number of aryl methyl sites for hydroxylation is 1. The third-order valence-electron chi connectivity index (χ3n) is 4.76. The van der Waals surface area contributed by atoms with Gasteiger partial charge in [-0.2, -0.15) is 18.3 Å². The SMILES string of the molecule is CCCn1nc(C(=O)NC2CCN(c3ccc(C(F)(F)F)cn3)CC2)ccc1=O. The number of rotatable bonds is 5. The van der Waals surface area contributed by atoms with Crippen LogP contribution in [0, 0.1) is 0 Å². The van der Waals surface area contributed by atoms with Crippen LogP contribution in [0.15, 0.2) is 35.3 Å². The molecule has 156 valence electrons. The van der Waals surface area contributed by atoms with Crippen molar-refractivity contribution in [2.75, 3.05) is 18.0 Å². The van der Waals surface area contributed by atoms with Crippen molar-refractivity contribution in [3.8, 4) is 0 Å². The third kappa shape index (κ3) is 5.12. The fraction of sp³-hybridized carbons (Fsp3) is 0.474. The molecule has 3 rings (SSSR count). The molecule has 1 amide bonds. The van der Waals surface area contributed by atoms with Crippen LogP contribution in [0.3, 0.4) is 0 Å². The normalized spacial score (nSPS) is 15.4. The second-order valence-electron chi connectivity index (χ2n) is 6.92. The Morgan fingerprint density at radius 2 is 1.93 bits per heavy atom. The number of hydrogen-bond acceptors (Lipinski definition) is 5. The van der Waals surface area contributed by atoms with Gasteiger partial charge in [-0.15, -0.1) is 0 Å². The zero-order valence-electron chi connectivity index (χ0n) is 15.9. The summed E-state index contributed by atoms with van der Waals surface area (Å²) in [6, 6.07) is 5.04. The summed E-state index contributed by atoms with van der Waals surface area (Å²) in [7, 11) is 0. The second-order valence-corrected chi connectivity index (χ2v) is 6.92. The Labute approximate surface area is 165 Å². The molecule has 2 aromatic heterocycles. The molecule has 3 heterocycles. The van der Waals surface area contributed by atoms with Gasteiger partial charge in [0.1, 0.15) is 11.5 Å². The van der Waals surface area contributed by atoms with Crippen LogP contribution < -0.4 is 15.8 Å². The van der Waals surface area contributed by atoms with Crippen LogP contribution in [0.25, 0.3) is 0 Å². The molecular formula is C19H22F3N5O2. The van der Waals surface area contributed by atoms with Crippen molar-refractivity contribution in [1.29, 1.82) is 0 Å². The molecule has 2 aromatic rings. The topological polar surface area (TPSA) is 80.1 Å². The van der Waals surface area contributed by atoms with Gasteiger partial charge in [0.05, 0.1) is 5.56 Å². The van der Waals surface area contributed by atoms with Crippen LogP contribution >= 0.6 is 0 Å². The van der Waals surface area contributed by atoms with E-state index in [4.69, 9.17) is 0 Å². The standard InChI is InChI=1S/C19H22F3N5O2/c1-2-9-27-17(28)6-4-15(25-27)18(29)24-14-7-10-26(11-8-14)16-5-3-13(12-23-16)19(20,21)22/h3-6,12,14H,2,7-11H2,1H3,(H,24,29). The Balaban J connectivity index is 1.56. The summed E-state index contributed by atoms with van der Waals surface area (Å²) in [5, 5.41) is 7.01. The second kappa shape index (κ2) is 8.62. The van der Waals surface area contributed by atoms with Crippen molar-refractivity contribution in [2.24, 2.45) is 0 Å². The van der Waals surface area contributed by atoms with E-state index in [-0.39, 0.29) is 23.2 Å². The predicted octanol–water partition coefficient (Wildman–Crippen LogP) is 2.47. The summed E-state index contributed by atoms with van der Waals surface area (Å²) in [5.41, 5.74) is -0.842. The number of carbonyl (C=O) groups is 1. The first-order valence-electron chi connectivity index (χ1n) is 9.45. The smallest absolute Gasteiger partial charge is 0.356 e. The number of nitrogens with one attached hydrogen (secondary N) is 1. The number of aromatic nitrogens is 3. The average Bonchev–Trinajstić information content (AvgIpc) is 2.70. The van der Waals surface area contributed by atoms with Crippen molar-refractivity contribution in [1.82, 2.24) is 20.1 Å². The van der Waals surface area contributed by atoms with Gasteiger partial charge in [-0.05, 0) is 37.5 Å². The van der Waals surface area contributed by atoms with E-state index in [0.717, 1.165) is 18.7 Å². The number of alkyl halides is 3. The summed E-state index contributed by atoms with van der Waals surface area (Å²) in [5.74, 6) is 0.136. The van der Waals surface area contributed by atoms with Gasteiger partial charge < -0.3 is 10.2 Å². The Kier molecular flexibility index (Phi) is 6.19. The number of piperidine rings is 1. The summed E-state index contributed by atoms with van der Waals surface area (Å²) in [6.45, 7) is 3.48. The van der Waals surface area contributed by atoms with Gasteiger partial charge in [-0.1, -0.05) is 6.92 Å². The highest BCUT2D eigenvalue weighted by Crippen LogP contribution is 2.29. The number of hydrogen-bond donors (Lipinski definition) is 1. The first-order valence-corrected chi connectivity index (χ1v) is 9.45. The Hall–Kier alpha value is -2.91. The van der Waals surface area contributed by atoms with Crippen molar-refractivity contribution in [3.63, 3.8) is 0 Å². The molecule has 1 saturated heterocycles. The van der Waals surface area contributed by atoms with Gasteiger partial charge in [-0.3, -0.25) is 9.59 Å². The lowest BCUT2D eigenvalue weighted by molar-refractivity contribution is -0.137. The molecule has 1 aliphatic rings. The lowest BCUT2D eigenvalue weighted by Gasteiger charge is -2.33. The monoisotopic (exact) mass is 409 g/mol. The molecule has 29 heavy (non-hydrogen) atoms. The molecule has 0 spiro atoms. The van der Waals surface area contributed by atoms with E-state index in [1.165, 1.54) is 22.9 Å². The quantitative estimate of drug-likeness (QED) is 0.821. The first kappa shape index (κ1) is 20.8. The van der Waals surface area contributed by atoms with Crippen LogP contribution in [-0.4, -0.2) is 39.8 Å². The number of carbonyl (C=O) groups excluding carboxylic acids is 1. The Bertz CT molecular complexity index is 903. The summed E-state index contributed by atoms with van der Waals surface area (Å²) < 4.78 is 39.2. The highest BCUT2D eigenvalue weighted by molar-refractivity contribution is 5.92. The summed E-state index contributed by atoms with van der Waals surface area (Å²) in [4.78, 5) is 30.0. The van der Waals surface area contributed by atoms with Crippen molar-refractivity contribution in [3.05, 3.63) is 52.1 Å². The van der Waals surface area contributed by atoms with E-state index in [9.17, 15) is 22.8 Å². The van der Waals surface area contributed by atoms with Crippen LogP contribution in [0.4, 0.5) is 19.0 Å². The molecule has 0 bridgehead atoms. The fourth-order valence-electron chi connectivity index (χ4n) is 3.20. The van der Waals surface area contributed by atoms with E-state index in [0.29, 0.717) is 38.3 Å². The maximum absolute atomic E-state index is 12.6. The molecule has 0 saturated carbocycles. The van der Waals surface area contributed by atoms with Crippen LogP contribution in [0.5, 0.6) is 0 Å². The molecule has 1 N–H and O–H groups in total. The average molecular weight is 409 g/mol. The van der Waals surface area contributed by atoms with Crippen molar-refractivity contribution in [2.45, 2.75) is 44.9 Å². The number of nitrogens with zero attached hydrogens (tertiary/aromatic N) is 4. The van der Waals surface area contributed by atoms with E-state index >= 15 is 0 Å². The summed E-state index contributed by atoms with van der Waals surface area (Å²) >= 11 is 0. The van der Waals surface area contributed by atoms with E-state index in [1.807, 2.05) is 11.8 Å². The maximum atomic E-state index is 12.6. The molecule has 0 aromatic carbocycles. The molecule has 10 heteroatoms. The minimum absolute atomic E-state index is 0.0819. The predicted molar refractivity (Wildman–Crippen MR) is 101 cm³/mol. The molecule has 1 aliphatic heterocycles. The minimum Gasteiger partial charge on any atom is -0.356 e. The van der Waals surface area contributed by atoms with Gasteiger partial charge in [0, 0.05) is 37.9 Å². The molecule has 0 radical (unpaired) electrons. The lowest BCUT2D eigenvalue weighted by Crippen LogP contribution is -2.45. The zero-order valence-corrected chi connectivity index (χ0v) is 15.9. The van der Waals surface area contributed by atoms with Crippen molar-refractivity contribution >= 4 is 11.7 Å². The van der Waals surface area contributed by atoms with Gasteiger partial charge >= 0.3 is 6.18 Å². The molecule has 0 unspecified atom stereocenters. The lowest BCUT2D eigenvalue weighted by atomic mass is 10.0. The molecule has 1 fully saturated rings. The largest absolute Gasteiger partial charge is 0.417 e. The zero-order chi connectivity index (χ0) is 21.0. The molecule has 0 aliphatic carbocycles. The van der Waals surface area contributed by atoms with E-state index < -0.39 is 11.7 Å². The number of pyridine rings is 1. The number of halogens is 3. The van der Waals surface area contributed by atoms with Crippen LogP contribution in [0.1, 0.15) is 42.2 Å². The van der Waals surface area contributed by atoms with Gasteiger partial charge in [0.2, 0.25) is 0 Å². The highest BCUT2D eigenvalue weighted by Gasteiger charge is 2.31.